The predicted molar refractivity (Wildman–Crippen MR) is 70.0 cm³/mol. The maximum absolute atomic E-state index is 11.8. The average molecular weight is 254 g/mol. The number of Topliss-reactive ketones (excluding diaryl/α,β-unsaturated/α-hetero) is 1. The van der Waals surface area contributed by atoms with Gasteiger partial charge < -0.3 is 10.2 Å². The van der Waals surface area contributed by atoms with Gasteiger partial charge >= 0.3 is 0 Å². The van der Waals surface area contributed by atoms with Crippen LogP contribution in [0.1, 0.15) is 47.0 Å². The Labute approximate surface area is 110 Å². The van der Waals surface area contributed by atoms with Crippen LogP contribution in [0.2, 0.25) is 0 Å². The van der Waals surface area contributed by atoms with E-state index in [4.69, 9.17) is 0 Å². The third-order valence-corrected chi connectivity index (χ3v) is 5.51. The minimum absolute atomic E-state index is 0.0718. The molecule has 0 aromatic heterocycles. The van der Waals surface area contributed by atoms with Gasteiger partial charge in [0.15, 0.2) is 0 Å². The van der Waals surface area contributed by atoms with E-state index in [0.717, 1.165) is 12.8 Å². The normalized spacial score (nSPS) is 48.3. The molecule has 2 saturated carbocycles. The van der Waals surface area contributed by atoms with Gasteiger partial charge in [-0.15, -0.1) is 0 Å². The van der Waals surface area contributed by atoms with Gasteiger partial charge in [0.2, 0.25) is 0 Å². The monoisotopic (exact) mass is 254 g/mol. The van der Waals surface area contributed by atoms with Crippen molar-refractivity contribution >= 4 is 5.78 Å². The summed E-state index contributed by atoms with van der Waals surface area (Å²) >= 11 is 0. The first-order valence-corrected chi connectivity index (χ1v) is 7.17. The van der Waals surface area contributed by atoms with Crippen LogP contribution in [0.4, 0.5) is 0 Å². The lowest BCUT2D eigenvalue weighted by Crippen LogP contribution is -2.56. The second-order valence-electron chi connectivity index (χ2n) is 6.86. The molecule has 2 aliphatic rings. The molecule has 0 unspecified atom stereocenters. The maximum Gasteiger partial charge on any atom is 0.133 e. The van der Waals surface area contributed by atoms with Crippen LogP contribution in [0.3, 0.4) is 0 Å². The van der Waals surface area contributed by atoms with Crippen LogP contribution in [0.5, 0.6) is 0 Å². The summed E-state index contributed by atoms with van der Waals surface area (Å²) in [5.74, 6) is 1.45. The summed E-state index contributed by atoms with van der Waals surface area (Å²) in [6.45, 7) is 7.73. The molecule has 0 amide bonds. The molecule has 0 heterocycles. The Kier molecular flexibility index (Phi) is 3.58. The SMILES string of the molecule is CC(=O)[C@H]1CC[C@@H]2[C@@H]1[C@H](C(C)C)C[C@H](O)[C@@]2(C)O. The smallest absolute Gasteiger partial charge is 0.133 e. The Balaban J connectivity index is 2.34. The Morgan fingerprint density at radius 1 is 1.33 bits per heavy atom. The van der Waals surface area contributed by atoms with Crippen LogP contribution in [0.25, 0.3) is 0 Å². The lowest BCUT2D eigenvalue weighted by atomic mass is 9.60. The zero-order valence-corrected chi connectivity index (χ0v) is 11.9. The molecule has 0 spiro atoms. The van der Waals surface area contributed by atoms with Gasteiger partial charge in [0.05, 0.1) is 11.7 Å². The van der Waals surface area contributed by atoms with Crippen LogP contribution in [0.15, 0.2) is 0 Å². The topological polar surface area (TPSA) is 57.5 Å². The summed E-state index contributed by atoms with van der Waals surface area (Å²) in [6.07, 6.45) is 1.70. The number of hydrogen-bond acceptors (Lipinski definition) is 3. The molecule has 3 nitrogen and oxygen atoms in total. The van der Waals surface area contributed by atoms with Crippen molar-refractivity contribution in [2.45, 2.75) is 58.7 Å². The molecule has 18 heavy (non-hydrogen) atoms. The number of fused-ring (bicyclic) bond motifs is 1. The van der Waals surface area contributed by atoms with Crippen molar-refractivity contribution in [2.24, 2.45) is 29.6 Å². The highest BCUT2D eigenvalue weighted by Crippen LogP contribution is 2.54. The minimum Gasteiger partial charge on any atom is -0.390 e. The molecule has 0 aromatic rings. The quantitative estimate of drug-likeness (QED) is 0.792. The first-order chi connectivity index (χ1) is 8.26. The van der Waals surface area contributed by atoms with Gasteiger partial charge in [-0.05, 0) is 56.8 Å². The Hall–Kier alpha value is -0.410. The lowest BCUT2D eigenvalue weighted by molar-refractivity contribution is -0.164. The summed E-state index contributed by atoms with van der Waals surface area (Å²) in [5.41, 5.74) is -1.03. The van der Waals surface area contributed by atoms with Crippen molar-refractivity contribution in [3.63, 3.8) is 0 Å². The zero-order valence-electron chi connectivity index (χ0n) is 11.9. The fraction of sp³-hybridized carbons (Fsp3) is 0.933. The van der Waals surface area contributed by atoms with Crippen molar-refractivity contribution < 1.29 is 15.0 Å². The van der Waals surface area contributed by atoms with E-state index in [1.807, 2.05) is 0 Å². The average Bonchev–Trinajstić information content (AvgIpc) is 2.68. The van der Waals surface area contributed by atoms with Crippen molar-refractivity contribution in [1.82, 2.24) is 0 Å². The molecule has 3 heteroatoms. The minimum atomic E-state index is -1.03. The predicted octanol–water partition coefficient (Wildman–Crippen LogP) is 2.01. The summed E-state index contributed by atoms with van der Waals surface area (Å²) in [6, 6.07) is 0. The Morgan fingerprint density at radius 2 is 1.94 bits per heavy atom. The molecule has 0 aromatic carbocycles. The number of carbonyl (C=O) groups is 1. The van der Waals surface area contributed by atoms with Gasteiger partial charge in [-0.2, -0.15) is 0 Å². The van der Waals surface area contributed by atoms with E-state index in [2.05, 4.69) is 13.8 Å². The number of carbonyl (C=O) groups excluding carboxylic acids is 1. The van der Waals surface area contributed by atoms with Crippen molar-refractivity contribution in [3.8, 4) is 0 Å². The van der Waals surface area contributed by atoms with Crippen molar-refractivity contribution in [1.29, 1.82) is 0 Å². The number of ketones is 1. The first kappa shape index (κ1) is 14.0. The molecule has 0 radical (unpaired) electrons. The summed E-state index contributed by atoms with van der Waals surface area (Å²) < 4.78 is 0. The molecule has 2 rings (SSSR count). The van der Waals surface area contributed by atoms with Crippen molar-refractivity contribution in [2.75, 3.05) is 0 Å². The fourth-order valence-corrected chi connectivity index (χ4v) is 4.39. The lowest BCUT2D eigenvalue weighted by Gasteiger charge is -2.49. The van der Waals surface area contributed by atoms with Crippen LogP contribution < -0.4 is 0 Å². The number of rotatable bonds is 2. The van der Waals surface area contributed by atoms with Gasteiger partial charge in [-0.25, -0.2) is 0 Å². The first-order valence-electron chi connectivity index (χ1n) is 7.17. The molecular formula is C15H26O3. The molecule has 2 N–H and O–H groups in total. The van der Waals surface area contributed by atoms with E-state index in [1.54, 1.807) is 13.8 Å². The molecular weight excluding hydrogens is 228 g/mol. The van der Waals surface area contributed by atoms with E-state index < -0.39 is 11.7 Å². The molecule has 0 bridgehead atoms. The standard InChI is InChI=1S/C15H26O3/c1-8(2)11-7-13(17)15(4,18)12-6-5-10(9(3)16)14(11)12/h8,10-14,17-18H,5-7H2,1-4H3/t10-,11+,12-,13+,14+,15+/m1/s1. The van der Waals surface area contributed by atoms with E-state index in [-0.39, 0.29) is 23.5 Å². The van der Waals surface area contributed by atoms with Gasteiger partial charge in [-0.3, -0.25) is 4.79 Å². The van der Waals surface area contributed by atoms with Gasteiger partial charge in [-0.1, -0.05) is 13.8 Å². The summed E-state index contributed by atoms with van der Waals surface area (Å²) in [5, 5.41) is 20.7. The molecule has 6 atom stereocenters. The molecule has 0 saturated heterocycles. The second-order valence-corrected chi connectivity index (χ2v) is 6.86. The molecule has 2 fully saturated rings. The van der Waals surface area contributed by atoms with Gasteiger partial charge in [0, 0.05) is 5.92 Å². The van der Waals surface area contributed by atoms with E-state index in [1.165, 1.54) is 0 Å². The number of hydrogen-bond donors (Lipinski definition) is 2. The maximum atomic E-state index is 11.8. The van der Waals surface area contributed by atoms with Crippen molar-refractivity contribution in [3.05, 3.63) is 0 Å². The highest BCUT2D eigenvalue weighted by molar-refractivity contribution is 5.79. The molecule has 0 aliphatic heterocycles. The van der Waals surface area contributed by atoms with Crippen LogP contribution in [-0.2, 0) is 4.79 Å². The molecule has 104 valence electrons. The van der Waals surface area contributed by atoms with E-state index >= 15 is 0 Å². The zero-order chi connectivity index (χ0) is 13.7. The largest absolute Gasteiger partial charge is 0.390 e. The van der Waals surface area contributed by atoms with Crippen LogP contribution in [-0.4, -0.2) is 27.7 Å². The highest BCUT2D eigenvalue weighted by atomic mass is 16.3. The van der Waals surface area contributed by atoms with Crippen LogP contribution in [0, 0.1) is 29.6 Å². The van der Waals surface area contributed by atoms with E-state index in [0.29, 0.717) is 18.3 Å². The Bertz CT molecular complexity index is 335. The third-order valence-electron chi connectivity index (χ3n) is 5.51. The van der Waals surface area contributed by atoms with Gasteiger partial charge in [0.1, 0.15) is 5.78 Å². The van der Waals surface area contributed by atoms with Crippen LogP contribution >= 0.6 is 0 Å². The summed E-state index contributed by atoms with van der Waals surface area (Å²) in [4.78, 5) is 11.8. The second kappa shape index (κ2) is 4.61. The number of aliphatic hydroxyl groups is 2. The van der Waals surface area contributed by atoms with E-state index in [9.17, 15) is 15.0 Å². The number of aliphatic hydroxyl groups excluding tert-OH is 1. The summed E-state index contributed by atoms with van der Waals surface area (Å²) in [7, 11) is 0. The molecule has 2 aliphatic carbocycles. The highest BCUT2D eigenvalue weighted by Gasteiger charge is 2.56. The Morgan fingerprint density at radius 3 is 2.44 bits per heavy atom. The fourth-order valence-electron chi connectivity index (χ4n) is 4.39. The third kappa shape index (κ3) is 2.01. The van der Waals surface area contributed by atoms with Gasteiger partial charge in [0.25, 0.3) is 0 Å².